The summed E-state index contributed by atoms with van der Waals surface area (Å²) in [7, 11) is -3.83. The predicted molar refractivity (Wildman–Crippen MR) is 81.8 cm³/mol. The second kappa shape index (κ2) is 6.08. The maximum absolute atomic E-state index is 13.3. The van der Waals surface area contributed by atoms with Crippen LogP contribution in [0.15, 0.2) is 57.4 Å². The Morgan fingerprint density at radius 2 is 1.96 bits per heavy atom. The van der Waals surface area contributed by atoms with Gasteiger partial charge in [0.2, 0.25) is 9.84 Å². The van der Waals surface area contributed by atoms with E-state index in [9.17, 15) is 17.7 Å². The van der Waals surface area contributed by atoms with E-state index in [0.717, 1.165) is 11.6 Å². The number of benzene rings is 2. The Balaban J connectivity index is 2.03. The topological polar surface area (TPSA) is 72.8 Å². The SMILES string of the molecule is O=NCC1CCOc2cc(S(=O)(=O)c3cccc(F)c3)ccc21. The molecule has 0 bridgehead atoms. The van der Waals surface area contributed by atoms with Crippen molar-refractivity contribution in [1.82, 2.24) is 0 Å². The Morgan fingerprint density at radius 3 is 2.70 bits per heavy atom. The van der Waals surface area contributed by atoms with Gasteiger partial charge in [-0.3, -0.25) is 0 Å². The monoisotopic (exact) mass is 335 g/mol. The minimum absolute atomic E-state index is 0.0292. The number of sulfone groups is 1. The van der Waals surface area contributed by atoms with Gasteiger partial charge in [0.15, 0.2) is 0 Å². The van der Waals surface area contributed by atoms with Crippen LogP contribution in [0.25, 0.3) is 0 Å². The van der Waals surface area contributed by atoms with Gasteiger partial charge in [0, 0.05) is 5.92 Å². The molecule has 0 aliphatic carbocycles. The summed E-state index contributed by atoms with van der Waals surface area (Å²) in [5, 5.41) is 2.92. The maximum atomic E-state index is 13.3. The van der Waals surface area contributed by atoms with E-state index in [-0.39, 0.29) is 22.3 Å². The highest BCUT2D eigenvalue weighted by Crippen LogP contribution is 2.36. The fourth-order valence-corrected chi connectivity index (χ4v) is 3.97. The molecule has 0 radical (unpaired) electrons. The summed E-state index contributed by atoms with van der Waals surface area (Å²) in [4.78, 5) is 10.4. The summed E-state index contributed by atoms with van der Waals surface area (Å²) < 4.78 is 44.0. The molecular formula is C16H14FNO4S. The lowest BCUT2D eigenvalue weighted by molar-refractivity contribution is 0.268. The lowest BCUT2D eigenvalue weighted by Gasteiger charge is -2.24. The van der Waals surface area contributed by atoms with E-state index in [4.69, 9.17) is 4.74 Å². The van der Waals surface area contributed by atoms with Crippen LogP contribution in [0, 0.1) is 10.7 Å². The summed E-state index contributed by atoms with van der Waals surface area (Å²) in [5.74, 6) is -0.248. The second-order valence-electron chi connectivity index (χ2n) is 5.31. The van der Waals surface area contributed by atoms with Crippen LogP contribution in [0.5, 0.6) is 5.75 Å². The van der Waals surface area contributed by atoms with E-state index in [1.54, 1.807) is 6.07 Å². The van der Waals surface area contributed by atoms with Gasteiger partial charge in [-0.2, -0.15) is 4.91 Å². The number of hydrogen-bond acceptors (Lipinski definition) is 5. The first kappa shape index (κ1) is 15.6. The van der Waals surface area contributed by atoms with Crippen LogP contribution in [0.2, 0.25) is 0 Å². The highest BCUT2D eigenvalue weighted by Gasteiger charge is 2.25. The average molecular weight is 335 g/mol. The van der Waals surface area contributed by atoms with Crippen molar-refractivity contribution in [1.29, 1.82) is 0 Å². The molecule has 0 N–H and O–H groups in total. The summed E-state index contributed by atoms with van der Waals surface area (Å²) in [6.45, 7) is 0.531. The van der Waals surface area contributed by atoms with Gasteiger partial charge in [-0.25, -0.2) is 12.8 Å². The zero-order valence-corrected chi connectivity index (χ0v) is 12.9. The van der Waals surface area contributed by atoms with Gasteiger partial charge in [-0.1, -0.05) is 17.3 Å². The number of ether oxygens (including phenoxy) is 1. The Kier molecular flexibility index (Phi) is 4.12. The number of nitroso groups, excluding NO2 is 1. The van der Waals surface area contributed by atoms with E-state index in [2.05, 4.69) is 5.18 Å². The first-order valence-electron chi connectivity index (χ1n) is 7.09. The molecule has 0 amide bonds. The van der Waals surface area contributed by atoms with E-state index >= 15 is 0 Å². The maximum Gasteiger partial charge on any atom is 0.206 e. The van der Waals surface area contributed by atoms with Crippen molar-refractivity contribution in [2.75, 3.05) is 13.2 Å². The van der Waals surface area contributed by atoms with Gasteiger partial charge in [-0.05, 0) is 42.3 Å². The molecule has 120 valence electrons. The molecule has 2 aromatic carbocycles. The minimum atomic E-state index is -3.83. The number of nitrogens with zero attached hydrogens (tertiary/aromatic N) is 1. The number of rotatable bonds is 4. The number of halogens is 1. The van der Waals surface area contributed by atoms with Crippen LogP contribution in [0.1, 0.15) is 17.9 Å². The average Bonchev–Trinajstić information content (AvgIpc) is 2.55. The predicted octanol–water partition coefficient (Wildman–Crippen LogP) is 3.29. The van der Waals surface area contributed by atoms with Gasteiger partial charge in [-0.15, -0.1) is 0 Å². The molecule has 1 atom stereocenters. The van der Waals surface area contributed by atoms with Crippen molar-refractivity contribution in [3.05, 3.63) is 58.8 Å². The third-order valence-corrected chi connectivity index (χ3v) is 5.61. The Morgan fingerprint density at radius 1 is 1.17 bits per heavy atom. The number of fused-ring (bicyclic) bond motifs is 1. The number of hydrogen-bond donors (Lipinski definition) is 0. The molecule has 0 saturated carbocycles. The second-order valence-corrected chi connectivity index (χ2v) is 7.26. The van der Waals surface area contributed by atoms with E-state index in [0.29, 0.717) is 18.8 Å². The molecule has 1 aliphatic rings. The first-order valence-corrected chi connectivity index (χ1v) is 8.57. The standard InChI is InChI=1S/C16H14FNO4S/c17-12-2-1-3-13(8-12)23(20,21)14-4-5-15-11(10-18-19)6-7-22-16(15)9-14/h1-5,8-9,11H,6-7,10H2. The largest absolute Gasteiger partial charge is 0.493 e. The molecule has 1 aliphatic heterocycles. The van der Waals surface area contributed by atoms with E-state index in [1.807, 2.05) is 0 Å². The van der Waals surface area contributed by atoms with Crippen molar-refractivity contribution in [3.8, 4) is 5.75 Å². The van der Waals surface area contributed by atoms with Gasteiger partial charge in [0.25, 0.3) is 0 Å². The van der Waals surface area contributed by atoms with Crippen molar-refractivity contribution in [3.63, 3.8) is 0 Å². The molecule has 0 aromatic heterocycles. The molecule has 1 heterocycles. The molecule has 2 aromatic rings. The van der Waals surface area contributed by atoms with Crippen molar-refractivity contribution >= 4 is 9.84 Å². The fraction of sp³-hybridized carbons (Fsp3) is 0.250. The van der Waals surface area contributed by atoms with Gasteiger partial charge >= 0.3 is 0 Å². The van der Waals surface area contributed by atoms with Gasteiger partial charge in [0.1, 0.15) is 11.6 Å². The molecular weight excluding hydrogens is 321 g/mol. The molecule has 0 spiro atoms. The Hall–Kier alpha value is -2.28. The van der Waals surface area contributed by atoms with Gasteiger partial charge < -0.3 is 4.74 Å². The lowest BCUT2D eigenvalue weighted by Crippen LogP contribution is -2.17. The van der Waals surface area contributed by atoms with Crippen LogP contribution in [0.4, 0.5) is 4.39 Å². The van der Waals surface area contributed by atoms with Crippen LogP contribution >= 0.6 is 0 Å². The normalized spacial score (nSPS) is 17.2. The highest BCUT2D eigenvalue weighted by molar-refractivity contribution is 7.91. The molecule has 5 nitrogen and oxygen atoms in total. The van der Waals surface area contributed by atoms with Crippen molar-refractivity contribution < 1.29 is 17.5 Å². The molecule has 3 rings (SSSR count). The Bertz CT molecular complexity index is 851. The third-order valence-electron chi connectivity index (χ3n) is 3.86. The van der Waals surface area contributed by atoms with Crippen LogP contribution < -0.4 is 4.74 Å². The molecule has 1 unspecified atom stereocenters. The van der Waals surface area contributed by atoms with E-state index < -0.39 is 15.7 Å². The third kappa shape index (κ3) is 2.96. The highest BCUT2D eigenvalue weighted by atomic mass is 32.2. The van der Waals surface area contributed by atoms with Crippen LogP contribution in [0.3, 0.4) is 0 Å². The fourth-order valence-electron chi connectivity index (χ4n) is 2.66. The van der Waals surface area contributed by atoms with E-state index in [1.165, 1.54) is 30.3 Å². The van der Waals surface area contributed by atoms with Crippen LogP contribution in [-0.4, -0.2) is 21.6 Å². The minimum Gasteiger partial charge on any atom is -0.493 e. The molecule has 0 saturated heterocycles. The van der Waals surface area contributed by atoms with Crippen molar-refractivity contribution in [2.24, 2.45) is 5.18 Å². The lowest BCUT2D eigenvalue weighted by atomic mass is 9.93. The zero-order chi connectivity index (χ0) is 16.4. The van der Waals surface area contributed by atoms with Gasteiger partial charge in [0.05, 0.1) is 22.9 Å². The van der Waals surface area contributed by atoms with Crippen molar-refractivity contribution in [2.45, 2.75) is 22.1 Å². The Labute approximate surface area is 133 Å². The van der Waals surface area contributed by atoms with Crippen LogP contribution in [-0.2, 0) is 9.84 Å². The zero-order valence-electron chi connectivity index (χ0n) is 12.1. The summed E-state index contributed by atoms with van der Waals surface area (Å²) in [6.07, 6.45) is 0.661. The summed E-state index contributed by atoms with van der Waals surface area (Å²) in [5.41, 5.74) is 0.772. The molecule has 0 fully saturated rings. The summed E-state index contributed by atoms with van der Waals surface area (Å²) >= 11 is 0. The molecule has 23 heavy (non-hydrogen) atoms. The smallest absolute Gasteiger partial charge is 0.206 e. The summed E-state index contributed by atoms with van der Waals surface area (Å²) in [6, 6.07) is 9.37. The quantitative estimate of drug-likeness (QED) is 0.804. The first-order chi connectivity index (χ1) is 11.0. The molecule has 7 heteroatoms.